The van der Waals surface area contributed by atoms with Crippen molar-refractivity contribution in [3.05, 3.63) is 76.9 Å². The van der Waals surface area contributed by atoms with Crippen LogP contribution in [0, 0.1) is 12.7 Å². The number of halogens is 1. The van der Waals surface area contributed by atoms with E-state index in [1.165, 1.54) is 18.2 Å². The second kappa shape index (κ2) is 6.28. The molecular formula is C19H16FNO3. The van der Waals surface area contributed by atoms with E-state index in [-0.39, 0.29) is 5.56 Å². The molecule has 0 atom stereocenters. The molecule has 0 aliphatic carbocycles. The zero-order valence-corrected chi connectivity index (χ0v) is 13.4. The van der Waals surface area contributed by atoms with Crippen LogP contribution in [0.25, 0.3) is 5.52 Å². The van der Waals surface area contributed by atoms with Gasteiger partial charge in [0.2, 0.25) is 0 Å². The van der Waals surface area contributed by atoms with Crippen molar-refractivity contribution in [2.75, 3.05) is 6.61 Å². The summed E-state index contributed by atoms with van der Waals surface area (Å²) < 4.78 is 20.6. The highest BCUT2D eigenvalue weighted by atomic mass is 19.1. The maximum Gasteiger partial charge on any atom is 0.338 e. The summed E-state index contributed by atoms with van der Waals surface area (Å²) in [6.07, 6.45) is 3.38. The van der Waals surface area contributed by atoms with Gasteiger partial charge in [-0.15, -0.1) is 0 Å². The van der Waals surface area contributed by atoms with Gasteiger partial charge in [-0.2, -0.15) is 0 Å². The van der Waals surface area contributed by atoms with Gasteiger partial charge in [-0.05, 0) is 43.7 Å². The quantitative estimate of drug-likeness (QED) is 0.541. The predicted molar refractivity (Wildman–Crippen MR) is 87.9 cm³/mol. The topological polar surface area (TPSA) is 47.8 Å². The summed E-state index contributed by atoms with van der Waals surface area (Å²) in [6.45, 7) is 3.83. The maximum absolute atomic E-state index is 13.8. The minimum absolute atomic E-state index is 0.0238. The smallest absolute Gasteiger partial charge is 0.338 e. The minimum Gasteiger partial charge on any atom is -0.462 e. The van der Waals surface area contributed by atoms with Gasteiger partial charge in [0.1, 0.15) is 5.82 Å². The lowest BCUT2D eigenvalue weighted by Crippen LogP contribution is -2.07. The number of hydrogen-bond donors (Lipinski definition) is 0. The second-order valence-electron chi connectivity index (χ2n) is 5.46. The molecule has 2 heterocycles. The fourth-order valence-corrected chi connectivity index (χ4v) is 2.62. The average molecular weight is 325 g/mol. The molecule has 0 radical (unpaired) electrons. The third kappa shape index (κ3) is 2.80. The normalized spacial score (nSPS) is 10.8. The van der Waals surface area contributed by atoms with Crippen molar-refractivity contribution in [3.8, 4) is 0 Å². The lowest BCUT2D eigenvalue weighted by atomic mass is 10.1. The standard InChI is InChI=1S/C19H16FNO3/c1-3-24-19(23)16-9-14-8-13(11-21(14)10-12(16)2)18(22)15-6-4-5-7-17(15)20/h4-11H,3H2,1-2H3. The maximum atomic E-state index is 13.8. The van der Waals surface area contributed by atoms with Crippen LogP contribution >= 0.6 is 0 Å². The van der Waals surface area contributed by atoms with Gasteiger partial charge in [0, 0.05) is 23.5 Å². The van der Waals surface area contributed by atoms with Gasteiger partial charge in [0.15, 0.2) is 5.78 Å². The Morgan fingerprint density at radius 2 is 1.88 bits per heavy atom. The van der Waals surface area contributed by atoms with E-state index in [0.29, 0.717) is 23.3 Å². The number of nitrogens with zero attached hydrogens (tertiary/aromatic N) is 1. The number of fused-ring (bicyclic) bond motifs is 1. The van der Waals surface area contributed by atoms with E-state index < -0.39 is 17.6 Å². The highest BCUT2D eigenvalue weighted by Gasteiger charge is 2.17. The van der Waals surface area contributed by atoms with E-state index in [4.69, 9.17) is 4.74 Å². The SMILES string of the molecule is CCOC(=O)c1cc2cc(C(=O)c3ccccc3F)cn2cc1C. The third-order valence-corrected chi connectivity index (χ3v) is 3.81. The number of aryl methyl sites for hydroxylation is 1. The molecule has 3 aromatic rings. The van der Waals surface area contributed by atoms with Crippen LogP contribution < -0.4 is 0 Å². The van der Waals surface area contributed by atoms with E-state index in [0.717, 1.165) is 5.56 Å². The van der Waals surface area contributed by atoms with Crippen LogP contribution in [0.2, 0.25) is 0 Å². The molecule has 0 saturated heterocycles. The van der Waals surface area contributed by atoms with Gasteiger partial charge in [-0.1, -0.05) is 12.1 Å². The van der Waals surface area contributed by atoms with Crippen LogP contribution in [-0.2, 0) is 4.74 Å². The molecule has 1 aromatic carbocycles. The van der Waals surface area contributed by atoms with Gasteiger partial charge in [-0.25, -0.2) is 9.18 Å². The largest absolute Gasteiger partial charge is 0.462 e. The minimum atomic E-state index is -0.554. The Bertz CT molecular complexity index is 943. The molecular weight excluding hydrogens is 309 g/mol. The predicted octanol–water partition coefficient (Wildman–Crippen LogP) is 3.79. The summed E-state index contributed by atoms with van der Waals surface area (Å²) in [5, 5.41) is 0. The van der Waals surface area contributed by atoms with E-state index in [1.54, 1.807) is 48.8 Å². The van der Waals surface area contributed by atoms with Crippen molar-refractivity contribution < 1.29 is 18.7 Å². The van der Waals surface area contributed by atoms with Crippen LogP contribution in [-0.4, -0.2) is 22.8 Å². The summed E-state index contributed by atoms with van der Waals surface area (Å²) in [5.41, 5.74) is 2.24. The van der Waals surface area contributed by atoms with Crippen LogP contribution in [0.5, 0.6) is 0 Å². The lowest BCUT2D eigenvalue weighted by Gasteiger charge is -2.06. The zero-order chi connectivity index (χ0) is 17.3. The van der Waals surface area contributed by atoms with Crippen molar-refractivity contribution in [3.63, 3.8) is 0 Å². The van der Waals surface area contributed by atoms with E-state index >= 15 is 0 Å². The highest BCUT2D eigenvalue weighted by molar-refractivity contribution is 6.10. The van der Waals surface area contributed by atoms with Gasteiger partial charge in [0.05, 0.1) is 17.7 Å². The molecule has 2 aromatic heterocycles. The van der Waals surface area contributed by atoms with Crippen molar-refractivity contribution in [2.45, 2.75) is 13.8 Å². The Balaban J connectivity index is 2.04. The number of esters is 1. The first-order valence-electron chi connectivity index (χ1n) is 7.60. The summed E-state index contributed by atoms with van der Waals surface area (Å²) in [7, 11) is 0. The highest BCUT2D eigenvalue weighted by Crippen LogP contribution is 2.20. The monoisotopic (exact) mass is 325 g/mol. The first-order chi connectivity index (χ1) is 11.5. The summed E-state index contributed by atoms with van der Waals surface area (Å²) in [4.78, 5) is 24.5. The molecule has 0 saturated carbocycles. The molecule has 0 unspecified atom stereocenters. The molecule has 0 aliphatic heterocycles. The number of ketones is 1. The molecule has 0 bridgehead atoms. The number of benzene rings is 1. The van der Waals surface area contributed by atoms with Crippen molar-refractivity contribution >= 4 is 17.3 Å². The zero-order valence-electron chi connectivity index (χ0n) is 13.4. The molecule has 24 heavy (non-hydrogen) atoms. The van der Waals surface area contributed by atoms with E-state index in [1.807, 2.05) is 0 Å². The number of ether oxygens (including phenoxy) is 1. The van der Waals surface area contributed by atoms with Gasteiger partial charge < -0.3 is 9.14 Å². The van der Waals surface area contributed by atoms with Gasteiger partial charge in [0.25, 0.3) is 0 Å². The average Bonchev–Trinajstić information content (AvgIpc) is 2.97. The van der Waals surface area contributed by atoms with Crippen LogP contribution in [0.4, 0.5) is 4.39 Å². The van der Waals surface area contributed by atoms with Crippen LogP contribution in [0.1, 0.15) is 38.8 Å². The molecule has 122 valence electrons. The van der Waals surface area contributed by atoms with Crippen molar-refractivity contribution in [2.24, 2.45) is 0 Å². The molecule has 0 N–H and O–H groups in total. The molecule has 5 heteroatoms. The lowest BCUT2D eigenvalue weighted by molar-refractivity contribution is 0.0525. The van der Waals surface area contributed by atoms with E-state index in [9.17, 15) is 14.0 Å². The number of hydrogen-bond acceptors (Lipinski definition) is 3. The molecule has 0 amide bonds. The first-order valence-corrected chi connectivity index (χ1v) is 7.60. The fraction of sp³-hybridized carbons (Fsp3) is 0.158. The van der Waals surface area contributed by atoms with Gasteiger partial charge in [-0.3, -0.25) is 4.79 Å². The molecule has 3 rings (SSSR count). The summed E-state index contributed by atoms with van der Waals surface area (Å²) >= 11 is 0. The van der Waals surface area contributed by atoms with Crippen molar-refractivity contribution in [1.82, 2.24) is 4.40 Å². The van der Waals surface area contributed by atoms with Crippen LogP contribution in [0.3, 0.4) is 0 Å². The van der Waals surface area contributed by atoms with E-state index in [2.05, 4.69) is 0 Å². The molecule has 0 aliphatic rings. The molecule has 0 spiro atoms. The summed E-state index contributed by atoms with van der Waals surface area (Å²) in [6, 6.07) is 9.18. The number of rotatable bonds is 4. The third-order valence-electron chi connectivity index (χ3n) is 3.81. The van der Waals surface area contributed by atoms with Crippen LogP contribution in [0.15, 0.2) is 48.8 Å². The second-order valence-corrected chi connectivity index (χ2v) is 5.46. The Morgan fingerprint density at radius 3 is 2.58 bits per heavy atom. The number of aromatic nitrogens is 1. The Morgan fingerprint density at radius 1 is 1.12 bits per heavy atom. The summed E-state index contributed by atoms with van der Waals surface area (Å²) in [5.74, 6) is -1.35. The number of pyridine rings is 1. The Labute approximate surface area is 138 Å². The fourth-order valence-electron chi connectivity index (χ4n) is 2.62. The number of carbonyl (C=O) groups is 2. The molecule has 0 fully saturated rings. The Hall–Kier alpha value is -2.95. The number of carbonyl (C=O) groups excluding carboxylic acids is 2. The Kier molecular flexibility index (Phi) is 4.16. The first kappa shape index (κ1) is 15.9. The molecule has 4 nitrogen and oxygen atoms in total. The van der Waals surface area contributed by atoms with Gasteiger partial charge >= 0.3 is 5.97 Å². The van der Waals surface area contributed by atoms with Crippen molar-refractivity contribution in [1.29, 1.82) is 0 Å².